The highest BCUT2D eigenvalue weighted by Gasteiger charge is 2.09. The van der Waals surface area contributed by atoms with Crippen molar-refractivity contribution in [1.29, 1.82) is 0 Å². The summed E-state index contributed by atoms with van der Waals surface area (Å²) in [5.74, 6) is 0.395. The van der Waals surface area contributed by atoms with Crippen LogP contribution >= 0.6 is 0 Å². The Morgan fingerprint density at radius 3 is 2.13 bits per heavy atom. The first-order chi connectivity index (χ1) is 7.22. The van der Waals surface area contributed by atoms with Gasteiger partial charge in [-0.2, -0.15) is 0 Å². The molecule has 3 N–H and O–H groups in total. The molecule has 0 fully saturated rings. The molecule has 0 aliphatic rings. The normalized spacial score (nSPS) is 10.0. The first-order valence-electron chi connectivity index (χ1n) is 4.53. The molecular weight excluding hydrogens is 196 g/mol. The maximum Gasteiger partial charge on any atom is 0.126 e. The molecule has 1 aromatic rings. The number of aliphatic hydroxyl groups is 2. The Labute approximate surface area is 88.1 Å². The average molecular weight is 210 g/mol. The van der Waals surface area contributed by atoms with E-state index in [1.54, 1.807) is 6.08 Å². The lowest BCUT2D eigenvalue weighted by molar-refractivity contribution is 0.261. The molecule has 0 atom stereocenters. The van der Waals surface area contributed by atoms with E-state index in [0.717, 1.165) is 0 Å². The van der Waals surface area contributed by atoms with Gasteiger partial charge in [-0.15, -0.1) is 0 Å². The van der Waals surface area contributed by atoms with Gasteiger partial charge in [-0.05, 0) is 12.1 Å². The van der Waals surface area contributed by atoms with Crippen LogP contribution in [0, 0.1) is 0 Å². The molecule has 0 radical (unpaired) electrons. The number of aromatic hydroxyl groups is 1. The maximum atomic E-state index is 9.54. The summed E-state index contributed by atoms with van der Waals surface area (Å²) in [4.78, 5) is 0. The first kappa shape index (κ1) is 11.6. The van der Waals surface area contributed by atoms with Gasteiger partial charge in [-0.3, -0.25) is 0 Å². The largest absolute Gasteiger partial charge is 0.507 e. The van der Waals surface area contributed by atoms with Gasteiger partial charge in [0.05, 0.1) is 13.2 Å². The minimum Gasteiger partial charge on any atom is -0.507 e. The molecule has 1 aromatic carbocycles. The Morgan fingerprint density at radius 2 is 1.73 bits per heavy atom. The zero-order valence-electron chi connectivity index (χ0n) is 8.31. The SMILES string of the molecule is C=CCOc1cc(CO)c(O)c(CO)c1. The molecule has 1 rings (SSSR count). The zero-order chi connectivity index (χ0) is 11.3. The predicted molar refractivity (Wildman–Crippen MR) is 55.6 cm³/mol. The fourth-order valence-electron chi connectivity index (χ4n) is 1.21. The molecule has 0 heterocycles. The lowest BCUT2D eigenvalue weighted by Crippen LogP contribution is -1.97. The van der Waals surface area contributed by atoms with Crippen molar-refractivity contribution >= 4 is 0 Å². The van der Waals surface area contributed by atoms with E-state index in [1.807, 2.05) is 0 Å². The molecule has 0 saturated carbocycles. The van der Waals surface area contributed by atoms with Crippen molar-refractivity contribution in [1.82, 2.24) is 0 Å². The van der Waals surface area contributed by atoms with Crippen LogP contribution in [-0.4, -0.2) is 21.9 Å². The molecule has 4 nitrogen and oxygen atoms in total. The summed E-state index contributed by atoms with van der Waals surface area (Å²) in [5.41, 5.74) is 0.668. The highest BCUT2D eigenvalue weighted by Crippen LogP contribution is 2.28. The van der Waals surface area contributed by atoms with Crippen molar-refractivity contribution < 1.29 is 20.1 Å². The number of rotatable bonds is 5. The van der Waals surface area contributed by atoms with Crippen LogP contribution in [-0.2, 0) is 13.2 Å². The standard InChI is InChI=1S/C11H14O4/c1-2-3-15-10-4-8(6-12)11(14)9(5-10)7-13/h2,4-5,12-14H,1,3,6-7H2. The molecule has 0 amide bonds. The molecular formula is C11H14O4. The lowest BCUT2D eigenvalue weighted by Gasteiger charge is -2.10. The zero-order valence-corrected chi connectivity index (χ0v) is 8.31. The number of phenols is 1. The van der Waals surface area contributed by atoms with Crippen LogP contribution in [0.25, 0.3) is 0 Å². The third-order valence-corrected chi connectivity index (χ3v) is 1.95. The minimum absolute atomic E-state index is 0.0917. The van der Waals surface area contributed by atoms with Crippen molar-refractivity contribution in [2.75, 3.05) is 6.61 Å². The molecule has 82 valence electrons. The third kappa shape index (κ3) is 2.71. The Bertz CT molecular complexity index is 321. The van der Waals surface area contributed by atoms with Gasteiger partial charge >= 0.3 is 0 Å². The van der Waals surface area contributed by atoms with Gasteiger partial charge in [0.1, 0.15) is 18.1 Å². The van der Waals surface area contributed by atoms with Crippen LogP contribution in [0.5, 0.6) is 11.5 Å². The fraction of sp³-hybridized carbons (Fsp3) is 0.273. The average Bonchev–Trinajstić information content (AvgIpc) is 2.27. The predicted octanol–water partition coefficient (Wildman–Crippen LogP) is 0.942. The van der Waals surface area contributed by atoms with Crippen molar-refractivity contribution in [2.24, 2.45) is 0 Å². The van der Waals surface area contributed by atoms with E-state index in [-0.39, 0.29) is 19.0 Å². The van der Waals surface area contributed by atoms with Crippen LogP contribution in [0.4, 0.5) is 0 Å². The monoisotopic (exact) mass is 210 g/mol. The minimum atomic E-state index is -0.301. The van der Waals surface area contributed by atoms with Crippen molar-refractivity contribution in [2.45, 2.75) is 13.2 Å². The number of hydrogen-bond donors (Lipinski definition) is 3. The quantitative estimate of drug-likeness (QED) is 0.633. The van der Waals surface area contributed by atoms with Crippen LogP contribution in [0.3, 0.4) is 0 Å². The van der Waals surface area contributed by atoms with E-state index in [2.05, 4.69) is 6.58 Å². The molecule has 4 heteroatoms. The summed E-state index contributed by atoms with van der Waals surface area (Å²) in [6.07, 6.45) is 1.59. The van der Waals surface area contributed by atoms with Gasteiger partial charge in [0, 0.05) is 11.1 Å². The summed E-state index contributed by atoms with van der Waals surface area (Å²) in [6.45, 7) is 3.24. The highest BCUT2D eigenvalue weighted by atomic mass is 16.5. The van der Waals surface area contributed by atoms with E-state index in [9.17, 15) is 5.11 Å². The van der Waals surface area contributed by atoms with Gasteiger partial charge in [-0.25, -0.2) is 0 Å². The number of ether oxygens (including phenoxy) is 1. The van der Waals surface area contributed by atoms with Gasteiger partial charge in [0.15, 0.2) is 0 Å². The van der Waals surface area contributed by atoms with Crippen molar-refractivity contribution in [3.63, 3.8) is 0 Å². The maximum absolute atomic E-state index is 9.54. The Kier molecular flexibility index (Phi) is 4.15. The van der Waals surface area contributed by atoms with Crippen LogP contribution in [0.15, 0.2) is 24.8 Å². The Balaban J connectivity index is 3.03. The molecule has 0 saturated heterocycles. The van der Waals surface area contributed by atoms with E-state index in [0.29, 0.717) is 23.5 Å². The van der Waals surface area contributed by atoms with Crippen LogP contribution in [0.1, 0.15) is 11.1 Å². The summed E-state index contributed by atoms with van der Waals surface area (Å²) < 4.78 is 5.24. The molecule has 15 heavy (non-hydrogen) atoms. The summed E-state index contributed by atoms with van der Waals surface area (Å²) in [6, 6.07) is 3.05. The molecule has 0 aromatic heterocycles. The smallest absolute Gasteiger partial charge is 0.126 e. The lowest BCUT2D eigenvalue weighted by atomic mass is 10.1. The number of aliphatic hydroxyl groups excluding tert-OH is 2. The second kappa shape index (κ2) is 5.38. The van der Waals surface area contributed by atoms with E-state index < -0.39 is 0 Å². The van der Waals surface area contributed by atoms with Crippen molar-refractivity contribution in [3.05, 3.63) is 35.9 Å². The first-order valence-corrected chi connectivity index (χ1v) is 4.53. The summed E-state index contributed by atoms with van der Waals surface area (Å²) in [5, 5.41) is 27.5. The van der Waals surface area contributed by atoms with Gasteiger partial charge < -0.3 is 20.1 Å². The molecule has 0 aliphatic heterocycles. The fourth-order valence-corrected chi connectivity index (χ4v) is 1.21. The van der Waals surface area contributed by atoms with Crippen LogP contribution < -0.4 is 4.74 Å². The van der Waals surface area contributed by atoms with Gasteiger partial charge in [0.25, 0.3) is 0 Å². The van der Waals surface area contributed by atoms with Crippen LogP contribution in [0.2, 0.25) is 0 Å². The second-order valence-electron chi connectivity index (χ2n) is 3.01. The summed E-state index contributed by atoms with van der Waals surface area (Å²) >= 11 is 0. The topological polar surface area (TPSA) is 69.9 Å². The molecule has 0 spiro atoms. The van der Waals surface area contributed by atoms with E-state index >= 15 is 0 Å². The number of hydrogen-bond acceptors (Lipinski definition) is 4. The Hall–Kier alpha value is -1.52. The molecule has 0 aliphatic carbocycles. The van der Waals surface area contributed by atoms with Gasteiger partial charge in [0.2, 0.25) is 0 Å². The van der Waals surface area contributed by atoms with E-state index in [4.69, 9.17) is 14.9 Å². The highest BCUT2D eigenvalue weighted by molar-refractivity contribution is 5.45. The summed E-state index contributed by atoms with van der Waals surface area (Å²) in [7, 11) is 0. The van der Waals surface area contributed by atoms with E-state index in [1.165, 1.54) is 12.1 Å². The third-order valence-electron chi connectivity index (χ3n) is 1.95. The second-order valence-corrected chi connectivity index (χ2v) is 3.01. The Morgan fingerprint density at radius 1 is 1.20 bits per heavy atom. The number of benzene rings is 1. The molecule has 0 unspecified atom stereocenters. The molecule has 0 bridgehead atoms. The van der Waals surface area contributed by atoms with Crippen molar-refractivity contribution in [3.8, 4) is 11.5 Å². The van der Waals surface area contributed by atoms with Gasteiger partial charge in [-0.1, -0.05) is 12.7 Å².